The van der Waals surface area contributed by atoms with E-state index in [1.54, 1.807) is 36.0 Å². The molecule has 0 amide bonds. The quantitative estimate of drug-likeness (QED) is 0.869. The van der Waals surface area contributed by atoms with Crippen molar-refractivity contribution in [3.05, 3.63) is 30.0 Å². The van der Waals surface area contributed by atoms with Gasteiger partial charge in [0.2, 0.25) is 10.0 Å². The molecule has 0 saturated heterocycles. The van der Waals surface area contributed by atoms with Crippen LogP contribution in [-0.2, 0) is 23.6 Å². The second-order valence-corrected chi connectivity index (χ2v) is 6.68. The Morgan fingerprint density at radius 3 is 2.35 bits per heavy atom. The molecule has 1 aromatic heterocycles. The number of sulfonamides is 1. The maximum atomic E-state index is 12.0. The van der Waals surface area contributed by atoms with Gasteiger partial charge in [0.15, 0.2) is 0 Å². The summed E-state index contributed by atoms with van der Waals surface area (Å²) in [7, 11) is 1.35. The first-order valence-corrected chi connectivity index (χ1v) is 7.43. The summed E-state index contributed by atoms with van der Waals surface area (Å²) in [6.45, 7) is 0.279. The van der Waals surface area contributed by atoms with Crippen molar-refractivity contribution in [1.29, 1.82) is 0 Å². The molecule has 0 unspecified atom stereocenters. The van der Waals surface area contributed by atoms with Gasteiger partial charge in [-0.3, -0.25) is 0 Å². The number of aryl methyl sites for hydroxylation is 1. The van der Waals surface area contributed by atoms with Crippen molar-refractivity contribution in [2.45, 2.75) is 11.4 Å². The topological polar surface area (TPSA) is 94.1 Å². The fourth-order valence-electron chi connectivity index (χ4n) is 1.89. The number of aromatic nitrogens is 3. The van der Waals surface area contributed by atoms with E-state index in [9.17, 15) is 8.42 Å². The Morgan fingerprint density at radius 2 is 1.85 bits per heavy atom. The van der Waals surface area contributed by atoms with Crippen LogP contribution in [0.3, 0.4) is 0 Å². The Labute approximate surface area is 118 Å². The third-order valence-corrected chi connectivity index (χ3v) is 4.83. The monoisotopic (exact) mass is 295 g/mol. The number of nitrogens with zero attached hydrogens (tertiary/aromatic N) is 4. The van der Waals surface area contributed by atoms with E-state index in [0.717, 1.165) is 11.3 Å². The highest BCUT2D eigenvalue weighted by molar-refractivity contribution is 7.89. The lowest BCUT2D eigenvalue weighted by Crippen LogP contribution is -2.22. The normalized spacial score (nSPS) is 12.1. The van der Waals surface area contributed by atoms with Gasteiger partial charge in [0.25, 0.3) is 0 Å². The van der Waals surface area contributed by atoms with Crippen molar-refractivity contribution >= 4 is 10.0 Å². The van der Waals surface area contributed by atoms with E-state index in [1.807, 2.05) is 0 Å². The highest BCUT2D eigenvalue weighted by Crippen LogP contribution is 2.23. The largest absolute Gasteiger partial charge is 0.325 e. The van der Waals surface area contributed by atoms with Gasteiger partial charge in [-0.25, -0.2) is 17.4 Å². The second-order valence-electron chi connectivity index (χ2n) is 4.52. The third kappa shape index (κ3) is 2.45. The van der Waals surface area contributed by atoms with Crippen LogP contribution in [0, 0.1) is 0 Å². The summed E-state index contributed by atoms with van der Waals surface area (Å²) >= 11 is 0. The zero-order valence-corrected chi connectivity index (χ0v) is 12.4. The van der Waals surface area contributed by atoms with E-state index in [0.29, 0.717) is 5.69 Å². The summed E-state index contributed by atoms with van der Waals surface area (Å²) in [4.78, 5) is 0.246. The summed E-state index contributed by atoms with van der Waals surface area (Å²) in [6.07, 6.45) is 0. The molecule has 0 aliphatic rings. The van der Waals surface area contributed by atoms with Gasteiger partial charge in [-0.2, -0.15) is 0 Å². The van der Waals surface area contributed by atoms with Crippen LogP contribution in [-0.4, -0.2) is 41.8 Å². The lowest BCUT2D eigenvalue weighted by atomic mass is 10.1. The fourth-order valence-corrected chi connectivity index (χ4v) is 2.79. The molecule has 0 spiro atoms. The molecule has 0 aliphatic heterocycles. The van der Waals surface area contributed by atoms with Crippen LogP contribution < -0.4 is 5.73 Å². The van der Waals surface area contributed by atoms with Crippen molar-refractivity contribution < 1.29 is 8.42 Å². The second kappa shape index (κ2) is 5.31. The molecule has 7 nitrogen and oxygen atoms in total. The number of rotatable bonds is 4. The minimum atomic E-state index is -3.42. The van der Waals surface area contributed by atoms with Crippen LogP contribution in [0.25, 0.3) is 11.3 Å². The van der Waals surface area contributed by atoms with E-state index in [1.165, 1.54) is 18.4 Å². The number of hydrogen-bond acceptors (Lipinski definition) is 5. The van der Waals surface area contributed by atoms with Gasteiger partial charge in [-0.15, -0.1) is 5.10 Å². The molecular weight excluding hydrogens is 278 g/mol. The van der Waals surface area contributed by atoms with Gasteiger partial charge in [-0.05, 0) is 12.1 Å². The SMILES string of the molecule is CN(C)S(=O)(=O)c1ccc(-c2c(CN)nnn2C)cc1. The van der Waals surface area contributed by atoms with E-state index in [-0.39, 0.29) is 11.4 Å². The summed E-state index contributed by atoms with van der Waals surface area (Å²) in [5, 5.41) is 7.89. The third-order valence-electron chi connectivity index (χ3n) is 3.00. The lowest BCUT2D eigenvalue weighted by Gasteiger charge is -2.11. The maximum absolute atomic E-state index is 12.0. The molecular formula is C12H17N5O2S. The zero-order chi connectivity index (χ0) is 14.9. The van der Waals surface area contributed by atoms with Gasteiger partial charge in [0, 0.05) is 33.3 Å². The Kier molecular flexibility index (Phi) is 3.89. The average Bonchev–Trinajstić information content (AvgIpc) is 2.79. The number of hydrogen-bond donors (Lipinski definition) is 1. The van der Waals surface area contributed by atoms with Crippen molar-refractivity contribution in [2.75, 3.05) is 14.1 Å². The Balaban J connectivity index is 2.46. The maximum Gasteiger partial charge on any atom is 0.242 e. The summed E-state index contributed by atoms with van der Waals surface area (Å²) < 4.78 is 26.8. The van der Waals surface area contributed by atoms with Crippen LogP contribution in [0.2, 0.25) is 0 Å². The van der Waals surface area contributed by atoms with Gasteiger partial charge in [-0.1, -0.05) is 17.3 Å². The molecule has 0 radical (unpaired) electrons. The first kappa shape index (κ1) is 14.6. The first-order chi connectivity index (χ1) is 9.37. The first-order valence-electron chi connectivity index (χ1n) is 5.99. The molecule has 0 fully saturated rings. The molecule has 0 saturated carbocycles. The molecule has 20 heavy (non-hydrogen) atoms. The van der Waals surface area contributed by atoms with E-state index >= 15 is 0 Å². The van der Waals surface area contributed by atoms with Crippen molar-refractivity contribution in [1.82, 2.24) is 19.3 Å². The van der Waals surface area contributed by atoms with Crippen LogP contribution in [0.5, 0.6) is 0 Å². The van der Waals surface area contributed by atoms with E-state index in [4.69, 9.17) is 5.73 Å². The average molecular weight is 295 g/mol. The summed E-state index contributed by atoms with van der Waals surface area (Å²) in [5.41, 5.74) is 7.92. The molecule has 2 aromatic rings. The predicted molar refractivity (Wildman–Crippen MR) is 75.2 cm³/mol. The molecule has 2 N–H and O–H groups in total. The highest BCUT2D eigenvalue weighted by atomic mass is 32.2. The Bertz CT molecular complexity index is 704. The Morgan fingerprint density at radius 1 is 1.25 bits per heavy atom. The highest BCUT2D eigenvalue weighted by Gasteiger charge is 2.18. The zero-order valence-electron chi connectivity index (χ0n) is 11.6. The molecule has 1 heterocycles. The van der Waals surface area contributed by atoms with Crippen molar-refractivity contribution in [2.24, 2.45) is 12.8 Å². The van der Waals surface area contributed by atoms with Gasteiger partial charge in [0.1, 0.15) is 5.69 Å². The molecule has 2 rings (SSSR count). The van der Waals surface area contributed by atoms with E-state index < -0.39 is 10.0 Å². The van der Waals surface area contributed by atoms with Crippen molar-refractivity contribution in [3.8, 4) is 11.3 Å². The lowest BCUT2D eigenvalue weighted by molar-refractivity contribution is 0.521. The van der Waals surface area contributed by atoms with Crippen LogP contribution in [0.1, 0.15) is 5.69 Å². The fraction of sp³-hybridized carbons (Fsp3) is 0.333. The van der Waals surface area contributed by atoms with Gasteiger partial charge in [0.05, 0.1) is 10.6 Å². The van der Waals surface area contributed by atoms with Crippen LogP contribution in [0.4, 0.5) is 0 Å². The molecule has 1 aromatic carbocycles. The molecule has 8 heteroatoms. The Hall–Kier alpha value is -1.77. The van der Waals surface area contributed by atoms with E-state index in [2.05, 4.69) is 10.3 Å². The van der Waals surface area contributed by atoms with Crippen molar-refractivity contribution in [3.63, 3.8) is 0 Å². The summed E-state index contributed by atoms with van der Waals surface area (Å²) in [6, 6.07) is 6.60. The minimum Gasteiger partial charge on any atom is -0.325 e. The minimum absolute atomic E-state index is 0.246. The number of benzene rings is 1. The molecule has 0 aliphatic carbocycles. The standard InChI is InChI=1S/C12H17N5O2S/c1-16(2)20(18,19)10-6-4-9(5-7-10)12-11(8-13)14-15-17(12)3/h4-7H,8,13H2,1-3H3. The molecule has 0 bridgehead atoms. The molecule has 0 atom stereocenters. The van der Waals surface area contributed by atoms with Gasteiger partial charge < -0.3 is 5.73 Å². The summed E-state index contributed by atoms with van der Waals surface area (Å²) in [5.74, 6) is 0. The van der Waals surface area contributed by atoms with Gasteiger partial charge >= 0.3 is 0 Å². The van der Waals surface area contributed by atoms with Crippen LogP contribution >= 0.6 is 0 Å². The molecule has 108 valence electrons. The number of nitrogens with two attached hydrogens (primary N) is 1. The van der Waals surface area contributed by atoms with Crippen LogP contribution in [0.15, 0.2) is 29.2 Å². The predicted octanol–water partition coefficient (Wildman–Crippen LogP) is 0.191. The smallest absolute Gasteiger partial charge is 0.242 e.